The molecule has 2 aliphatic rings. The first-order chi connectivity index (χ1) is 21.6. The molecule has 4 unspecified atom stereocenters. The lowest BCUT2D eigenvalue weighted by Gasteiger charge is -2.46. The third kappa shape index (κ3) is 8.62. The highest BCUT2D eigenvalue weighted by atomic mass is 16.7. The second-order valence-electron chi connectivity index (χ2n) is 10.6. The summed E-state index contributed by atoms with van der Waals surface area (Å²) in [5.74, 6) is -1.53. The van der Waals surface area contributed by atoms with Crippen molar-refractivity contribution in [2.24, 2.45) is 0 Å². The smallest absolute Gasteiger partial charge is 0.258 e. The van der Waals surface area contributed by atoms with Crippen molar-refractivity contribution in [3.8, 4) is 0 Å². The molecule has 0 radical (unpaired) electrons. The average Bonchev–Trinajstić information content (AvgIpc) is 3.06. The lowest BCUT2D eigenvalue weighted by molar-refractivity contribution is -0.345. The average molecular weight is 634 g/mol. The predicted octanol–water partition coefficient (Wildman–Crippen LogP) is -3.28. The van der Waals surface area contributed by atoms with Gasteiger partial charge in [0.1, 0.15) is 54.3 Å². The van der Waals surface area contributed by atoms with Crippen molar-refractivity contribution >= 4 is 11.8 Å². The van der Waals surface area contributed by atoms with Gasteiger partial charge in [0, 0.05) is 19.3 Å². The Morgan fingerprint density at radius 1 is 0.711 bits per heavy atom. The van der Waals surface area contributed by atoms with Gasteiger partial charge in [-0.3, -0.25) is 9.59 Å². The highest BCUT2D eigenvalue weighted by Gasteiger charge is 2.50. The number of ether oxygens (including phenoxy) is 3. The van der Waals surface area contributed by atoms with Crippen LogP contribution < -0.4 is 16.0 Å². The number of rotatable bonds is 12. The summed E-state index contributed by atoms with van der Waals surface area (Å²) in [5, 5.41) is 79.6. The monoisotopic (exact) mass is 633 g/mol. The van der Waals surface area contributed by atoms with Crippen molar-refractivity contribution in [1.29, 1.82) is 0 Å². The first-order valence-corrected chi connectivity index (χ1v) is 14.3. The van der Waals surface area contributed by atoms with Crippen LogP contribution in [-0.2, 0) is 36.9 Å². The molecule has 246 valence electrons. The van der Waals surface area contributed by atoms with Crippen LogP contribution in [0.3, 0.4) is 0 Å². The maximum absolute atomic E-state index is 13.2. The van der Waals surface area contributed by atoms with Gasteiger partial charge in [-0.25, -0.2) is 0 Å². The molecule has 2 aliphatic heterocycles. The third-order valence-electron chi connectivity index (χ3n) is 7.51. The molecule has 0 aromatic heterocycles. The Hall–Kier alpha value is -3.48. The number of carbonyl (C=O) groups is 2. The summed E-state index contributed by atoms with van der Waals surface area (Å²) in [6.07, 6.45) is -13.6. The van der Waals surface area contributed by atoms with E-state index < -0.39 is 92.0 Å². The maximum Gasteiger partial charge on any atom is 0.258 e. The molecule has 2 fully saturated rings. The van der Waals surface area contributed by atoms with E-state index in [0.717, 1.165) is 17.3 Å². The number of aliphatic hydroxyl groups is 7. The van der Waals surface area contributed by atoms with Gasteiger partial charge in [-0.2, -0.15) is 0 Å². The summed E-state index contributed by atoms with van der Waals surface area (Å²) in [6.45, 7) is -1.27. The number of hydrogen-bond donors (Lipinski definition) is 10. The number of benzene rings is 2. The molecule has 2 amide bonds. The summed E-state index contributed by atoms with van der Waals surface area (Å²) >= 11 is 0. The molecule has 2 aromatic rings. The molecular weight excluding hydrogens is 594 g/mol. The summed E-state index contributed by atoms with van der Waals surface area (Å²) in [6, 6.07) is 16.5. The van der Waals surface area contributed by atoms with Crippen molar-refractivity contribution in [3.63, 3.8) is 0 Å². The highest BCUT2D eigenvalue weighted by molar-refractivity contribution is 6.18. The zero-order chi connectivity index (χ0) is 32.5. The molecule has 2 saturated heterocycles. The molecule has 0 saturated carbocycles. The van der Waals surface area contributed by atoms with E-state index in [1.165, 1.54) is 0 Å². The van der Waals surface area contributed by atoms with Crippen LogP contribution in [0.1, 0.15) is 11.1 Å². The van der Waals surface area contributed by atoms with Crippen LogP contribution in [0.4, 0.5) is 0 Å². The van der Waals surface area contributed by atoms with Crippen LogP contribution in [0.2, 0.25) is 0 Å². The second-order valence-corrected chi connectivity index (χ2v) is 10.6. The fourth-order valence-electron chi connectivity index (χ4n) is 4.93. The molecule has 4 rings (SSSR count). The molecular formula is C30H39N3O12. The van der Waals surface area contributed by atoms with E-state index in [0.29, 0.717) is 0 Å². The molecule has 10 atom stereocenters. The van der Waals surface area contributed by atoms with Crippen molar-refractivity contribution in [2.45, 2.75) is 74.4 Å². The zero-order valence-corrected chi connectivity index (χ0v) is 24.1. The van der Waals surface area contributed by atoms with E-state index in [9.17, 15) is 45.3 Å². The van der Waals surface area contributed by atoms with Gasteiger partial charge in [0.05, 0.1) is 13.2 Å². The Labute approximate surface area is 258 Å². The van der Waals surface area contributed by atoms with Crippen molar-refractivity contribution in [3.05, 3.63) is 83.6 Å². The van der Waals surface area contributed by atoms with Gasteiger partial charge in [-0.05, 0) is 11.1 Å². The minimum atomic E-state index is -1.82. The minimum Gasteiger partial charge on any atom is -0.394 e. The first-order valence-electron chi connectivity index (χ1n) is 14.3. The van der Waals surface area contributed by atoms with Gasteiger partial charge in [0.2, 0.25) is 0 Å². The lowest BCUT2D eigenvalue weighted by Crippen LogP contribution is -2.66. The Bertz CT molecular complexity index is 1210. The second kappa shape index (κ2) is 16.2. The van der Waals surface area contributed by atoms with Gasteiger partial charge in [0.15, 0.2) is 12.6 Å². The van der Waals surface area contributed by atoms with Gasteiger partial charge in [0.25, 0.3) is 11.8 Å². The lowest BCUT2D eigenvalue weighted by atomic mass is 9.95. The fraction of sp³-hybridized carbons (Fsp3) is 0.467. The Kier molecular flexibility index (Phi) is 12.4. The standard InChI is InChI=1S/C30H39N3O12/c34-14-19-22(36)24(38)25(39)30(44-19)45-26-20(15-35)43-29(42)21(23(26)37)31-13-18(27(40)32-11-16-7-3-1-4-8-16)28(41)33-12-17-9-5-2-6-10-17/h1-10,13,19-26,29-31,34-39,42H,11-12,14-15H2,(H,32,40)(H,33,41)/t19?,20?,21?,22-,23+,24-,25?,26-,29+,30-/m0/s1. The number of amides is 2. The van der Waals surface area contributed by atoms with Gasteiger partial charge < -0.3 is 65.9 Å². The van der Waals surface area contributed by atoms with E-state index in [1.54, 1.807) is 48.5 Å². The molecule has 0 spiro atoms. The van der Waals surface area contributed by atoms with E-state index >= 15 is 0 Å². The SMILES string of the molecule is O=C(NCc1ccccc1)C(=CNC1[C@H](O)OC(CO)[C@H](O[C@@H]2OC(CO)[C@H](O)[C@H](O)C2O)[C@@H]1O)C(=O)NCc1ccccc1. The number of nitrogens with one attached hydrogen (secondary N) is 3. The zero-order valence-electron chi connectivity index (χ0n) is 24.1. The normalized spacial score (nSPS) is 31.4. The molecule has 45 heavy (non-hydrogen) atoms. The van der Waals surface area contributed by atoms with Crippen molar-refractivity contribution in [1.82, 2.24) is 16.0 Å². The minimum absolute atomic E-state index is 0.105. The van der Waals surface area contributed by atoms with Crippen molar-refractivity contribution in [2.75, 3.05) is 13.2 Å². The van der Waals surface area contributed by atoms with Crippen LogP contribution in [0, 0.1) is 0 Å². The maximum atomic E-state index is 13.2. The van der Waals surface area contributed by atoms with Crippen LogP contribution in [-0.4, -0.2) is 122 Å². The molecule has 0 bridgehead atoms. The number of hydrogen-bond acceptors (Lipinski definition) is 13. The summed E-state index contributed by atoms with van der Waals surface area (Å²) < 4.78 is 16.4. The van der Waals surface area contributed by atoms with Crippen molar-refractivity contribution < 1.29 is 59.5 Å². The molecule has 2 heterocycles. The summed E-state index contributed by atoms with van der Waals surface area (Å²) in [4.78, 5) is 26.4. The van der Waals surface area contributed by atoms with E-state index in [1.807, 2.05) is 12.1 Å². The summed E-state index contributed by atoms with van der Waals surface area (Å²) in [5.41, 5.74) is 1.16. The predicted molar refractivity (Wildman–Crippen MR) is 154 cm³/mol. The topological polar surface area (TPSA) is 240 Å². The third-order valence-corrected chi connectivity index (χ3v) is 7.51. The molecule has 15 heteroatoms. The largest absolute Gasteiger partial charge is 0.394 e. The van der Waals surface area contributed by atoms with Crippen LogP contribution in [0.5, 0.6) is 0 Å². The molecule has 15 nitrogen and oxygen atoms in total. The molecule has 2 aromatic carbocycles. The van der Waals surface area contributed by atoms with Crippen LogP contribution in [0.25, 0.3) is 0 Å². The van der Waals surface area contributed by atoms with E-state index in [2.05, 4.69) is 16.0 Å². The summed E-state index contributed by atoms with van der Waals surface area (Å²) in [7, 11) is 0. The first kappa shape index (κ1) is 34.4. The Balaban J connectivity index is 1.51. The highest BCUT2D eigenvalue weighted by Crippen LogP contribution is 2.28. The molecule has 10 N–H and O–H groups in total. The van der Waals surface area contributed by atoms with Crippen LogP contribution in [0.15, 0.2) is 72.4 Å². The van der Waals surface area contributed by atoms with E-state index in [4.69, 9.17) is 14.2 Å². The van der Waals surface area contributed by atoms with Crippen LogP contribution >= 0.6 is 0 Å². The Morgan fingerprint density at radius 2 is 1.24 bits per heavy atom. The Morgan fingerprint density at radius 3 is 1.76 bits per heavy atom. The van der Waals surface area contributed by atoms with E-state index in [-0.39, 0.29) is 13.1 Å². The van der Waals surface area contributed by atoms with Gasteiger partial charge in [-0.1, -0.05) is 60.7 Å². The quantitative estimate of drug-likeness (QED) is 0.0628. The number of carbonyl (C=O) groups excluding carboxylic acids is 2. The van der Waals surface area contributed by atoms with Gasteiger partial charge >= 0.3 is 0 Å². The number of aliphatic hydroxyl groups excluding tert-OH is 7. The fourth-order valence-corrected chi connectivity index (χ4v) is 4.93. The van der Waals surface area contributed by atoms with Gasteiger partial charge in [-0.15, -0.1) is 0 Å². The molecule has 0 aliphatic carbocycles.